The Kier molecular flexibility index (Phi) is 7.23. The zero-order chi connectivity index (χ0) is 25.8. The van der Waals surface area contributed by atoms with E-state index in [4.69, 9.17) is 4.74 Å². The normalized spacial score (nSPS) is 14.1. The average molecular weight is 511 g/mol. The predicted octanol–water partition coefficient (Wildman–Crippen LogP) is 0.953. The highest BCUT2D eigenvalue weighted by Gasteiger charge is 2.32. The number of anilines is 1. The summed E-state index contributed by atoms with van der Waals surface area (Å²) in [5, 5.41) is 11.2. The molecule has 1 aliphatic heterocycles. The minimum atomic E-state index is -2.87. The van der Waals surface area contributed by atoms with Crippen LogP contribution in [0.15, 0.2) is 17.9 Å². The maximum Gasteiger partial charge on any atom is 0.383 e. The lowest BCUT2D eigenvalue weighted by atomic mass is 9.96. The summed E-state index contributed by atoms with van der Waals surface area (Å²) in [6.45, 7) is 0. The minimum absolute atomic E-state index is 0.0338. The molecule has 1 fully saturated rings. The van der Waals surface area contributed by atoms with Gasteiger partial charge in [0.2, 0.25) is 11.0 Å². The van der Waals surface area contributed by atoms with E-state index < -0.39 is 18.0 Å². The first kappa shape index (κ1) is 24.8. The molecular formula is C24H20F2N6O3S+2. The van der Waals surface area contributed by atoms with Gasteiger partial charge < -0.3 is 9.64 Å². The van der Waals surface area contributed by atoms with E-state index in [1.807, 2.05) is 0 Å². The SMILES string of the molecule is COC1=C=[N+]=C(C(F)F)C=C1c1cc(CC(=O)N(C)C)[n+]#cc1C(=O)Nc1nnc(C#CC2CC2)s1. The van der Waals surface area contributed by atoms with Crippen LogP contribution in [-0.2, 0) is 16.0 Å². The van der Waals surface area contributed by atoms with Crippen LogP contribution in [0.5, 0.6) is 0 Å². The maximum atomic E-state index is 13.4. The Labute approximate surface area is 209 Å². The van der Waals surface area contributed by atoms with Crippen LogP contribution < -0.4 is 15.0 Å². The van der Waals surface area contributed by atoms with Gasteiger partial charge in [-0.05, 0) is 28.4 Å². The first-order valence-corrected chi connectivity index (χ1v) is 11.6. The van der Waals surface area contributed by atoms with Gasteiger partial charge in [0.25, 0.3) is 11.7 Å². The summed E-state index contributed by atoms with van der Waals surface area (Å²) in [7, 11) is 4.51. The number of rotatable bonds is 7. The first-order chi connectivity index (χ1) is 17.2. The van der Waals surface area contributed by atoms with E-state index in [2.05, 4.69) is 49.1 Å². The second-order valence-corrected chi connectivity index (χ2v) is 9.04. The monoisotopic (exact) mass is 510 g/mol. The largest absolute Gasteiger partial charge is 0.484 e. The average Bonchev–Trinajstić information content (AvgIpc) is 3.59. The molecule has 0 atom stereocenters. The molecule has 0 spiro atoms. The highest BCUT2D eigenvalue weighted by molar-refractivity contribution is 7.15. The standard InChI is InChI=1S/C24H19F2N6O3S/c1-32(2)21(33)9-14-8-15(16-10-18(22(25)26)28-12-19(16)35-3)17(11-27-14)23(34)29-24-31-30-20(36-24)7-6-13-4-5-13/h8,10,13,22H,4-5,9H2,1-3H3/q+1/p+1. The van der Waals surface area contributed by atoms with E-state index in [9.17, 15) is 18.4 Å². The number of ether oxygens (including phenoxy) is 1. The van der Waals surface area contributed by atoms with Crippen LogP contribution in [0.2, 0.25) is 0 Å². The molecule has 0 radical (unpaired) electrons. The van der Waals surface area contributed by atoms with Gasteiger partial charge in [-0.15, -0.1) is 10.2 Å². The van der Waals surface area contributed by atoms with Crippen LogP contribution >= 0.6 is 11.3 Å². The number of hydrogen-bond acceptors (Lipinski definition) is 6. The third kappa shape index (κ3) is 5.83. The number of likely N-dealkylation sites (N-methyl/N-ethyl adjacent to an activating group) is 1. The number of carbonyl (C=O) groups is 2. The molecule has 2 aromatic heterocycles. The fourth-order valence-corrected chi connectivity index (χ4v) is 3.61. The highest BCUT2D eigenvalue weighted by atomic mass is 32.1. The van der Waals surface area contributed by atoms with Gasteiger partial charge in [0.1, 0.15) is 6.42 Å². The molecule has 0 unspecified atom stereocenters. The number of allylic oxidation sites excluding steroid dienone is 2. The summed E-state index contributed by atoms with van der Waals surface area (Å²) in [6.07, 6.45) is 2.93. The van der Waals surface area contributed by atoms with Gasteiger partial charge in [-0.1, -0.05) is 17.3 Å². The minimum Gasteiger partial charge on any atom is -0.484 e. The topological polar surface area (TPSA) is 113 Å². The van der Waals surface area contributed by atoms with E-state index in [1.165, 1.54) is 18.1 Å². The molecule has 0 aromatic carbocycles. The molecular weight excluding hydrogens is 490 g/mol. The molecule has 2 aromatic rings. The van der Waals surface area contributed by atoms with E-state index in [-0.39, 0.29) is 45.6 Å². The van der Waals surface area contributed by atoms with Crippen molar-refractivity contribution in [1.29, 1.82) is 0 Å². The molecule has 9 nitrogen and oxygen atoms in total. The van der Waals surface area contributed by atoms with Crippen LogP contribution in [0.1, 0.15) is 39.5 Å². The summed E-state index contributed by atoms with van der Waals surface area (Å²) in [4.78, 5) is 30.9. The quantitative estimate of drug-likeness (QED) is 0.439. The van der Waals surface area contributed by atoms with Gasteiger partial charge in [0.05, 0.1) is 7.11 Å². The van der Waals surface area contributed by atoms with Gasteiger partial charge in [0.15, 0.2) is 10.6 Å². The number of hydrogen-bond donors (Lipinski definition) is 1. The fraction of sp³-hybridized carbons (Fsp3) is 0.333. The number of aromatic nitrogens is 3. The maximum absolute atomic E-state index is 13.4. The third-order valence-electron chi connectivity index (χ3n) is 5.10. The summed E-state index contributed by atoms with van der Waals surface area (Å²) in [5.74, 6) is 7.96. The third-order valence-corrected chi connectivity index (χ3v) is 5.85. The van der Waals surface area contributed by atoms with E-state index in [1.54, 1.807) is 14.1 Å². The van der Waals surface area contributed by atoms with Crippen molar-refractivity contribution in [2.24, 2.45) is 5.92 Å². The molecule has 2 amide bonds. The Hall–Kier alpha value is -4.34. The summed E-state index contributed by atoms with van der Waals surface area (Å²) < 4.78 is 35.7. The number of methoxy groups -OCH3 is 1. The van der Waals surface area contributed by atoms with Crippen molar-refractivity contribution in [2.45, 2.75) is 25.7 Å². The number of nitrogens with zero attached hydrogens (tertiary/aromatic N) is 5. The highest BCUT2D eigenvalue weighted by Crippen LogP contribution is 2.29. The Morgan fingerprint density at radius 2 is 2.14 bits per heavy atom. The smallest absolute Gasteiger partial charge is 0.383 e. The van der Waals surface area contributed by atoms with E-state index in [0.29, 0.717) is 10.9 Å². The molecule has 1 saturated carbocycles. The van der Waals surface area contributed by atoms with E-state index >= 15 is 0 Å². The van der Waals surface area contributed by atoms with Crippen LogP contribution in [-0.4, -0.2) is 66.1 Å². The summed E-state index contributed by atoms with van der Waals surface area (Å²) in [6, 6.07) is 1.46. The van der Waals surface area contributed by atoms with Crippen molar-refractivity contribution in [1.82, 2.24) is 19.8 Å². The molecule has 182 valence electrons. The zero-order valence-electron chi connectivity index (χ0n) is 19.6. The van der Waals surface area contributed by atoms with Gasteiger partial charge in [-0.2, -0.15) is 8.78 Å². The van der Waals surface area contributed by atoms with Crippen LogP contribution in [0, 0.1) is 24.0 Å². The van der Waals surface area contributed by atoms with Crippen LogP contribution in [0.4, 0.5) is 13.9 Å². The number of halogens is 2. The molecule has 4 rings (SSSR count). The van der Waals surface area contributed by atoms with Crippen LogP contribution in [0.25, 0.3) is 5.57 Å². The Bertz CT molecular complexity index is 1420. The van der Waals surface area contributed by atoms with Gasteiger partial charge >= 0.3 is 29.9 Å². The summed E-state index contributed by atoms with van der Waals surface area (Å²) >= 11 is 1.10. The molecule has 1 N–H and O–H groups in total. The number of nitrogens with one attached hydrogen (secondary N) is 1. The Morgan fingerprint density at radius 3 is 2.81 bits per heavy atom. The molecule has 12 heteroatoms. The molecule has 0 bridgehead atoms. The zero-order valence-corrected chi connectivity index (χ0v) is 20.4. The summed E-state index contributed by atoms with van der Waals surface area (Å²) in [5.41, 5.74) is -0.0535. The molecule has 2 aliphatic rings. The fourth-order valence-electron chi connectivity index (χ4n) is 3.01. The van der Waals surface area contributed by atoms with Crippen molar-refractivity contribution in [2.75, 3.05) is 26.5 Å². The molecule has 1 aliphatic carbocycles. The second kappa shape index (κ2) is 10.5. The molecule has 36 heavy (non-hydrogen) atoms. The van der Waals surface area contributed by atoms with Crippen molar-refractivity contribution >= 4 is 45.4 Å². The van der Waals surface area contributed by atoms with Crippen LogP contribution in [0.3, 0.4) is 0 Å². The lowest BCUT2D eigenvalue weighted by Crippen LogP contribution is -2.26. The van der Waals surface area contributed by atoms with Crippen molar-refractivity contribution in [3.63, 3.8) is 0 Å². The molecule has 3 heterocycles. The van der Waals surface area contributed by atoms with Crippen molar-refractivity contribution in [3.05, 3.63) is 45.9 Å². The second-order valence-electron chi connectivity index (χ2n) is 8.06. The Balaban J connectivity index is 1.70. The first-order valence-electron chi connectivity index (χ1n) is 10.8. The molecule has 0 saturated heterocycles. The van der Waals surface area contributed by atoms with Crippen molar-refractivity contribution < 1.29 is 28.1 Å². The van der Waals surface area contributed by atoms with Gasteiger partial charge in [0, 0.05) is 43.3 Å². The lowest BCUT2D eigenvalue weighted by molar-refractivity contribution is -0.307. The predicted molar refractivity (Wildman–Crippen MR) is 127 cm³/mol. The number of carbonyl (C=O) groups excluding carboxylic acids is 2. The van der Waals surface area contributed by atoms with Gasteiger partial charge in [-0.25, -0.2) is 0 Å². The van der Waals surface area contributed by atoms with E-state index in [0.717, 1.165) is 30.3 Å². The number of amides is 2. The number of alkyl halides is 2. The lowest BCUT2D eigenvalue weighted by Gasteiger charge is -2.09. The van der Waals surface area contributed by atoms with Gasteiger partial charge in [-0.3, -0.25) is 14.9 Å². The Morgan fingerprint density at radius 1 is 1.36 bits per heavy atom. The van der Waals surface area contributed by atoms with Crippen molar-refractivity contribution in [3.8, 4) is 11.8 Å².